The number of hydrogen-bond donors (Lipinski definition) is 0. The lowest BCUT2D eigenvalue weighted by molar-refractivity contribution is -0.00214. The van der Waals surface area contributed by atoms with E-state index in [1.165, 1.54) is 0 Å². The first-order chi connectivity index (χ1) is 7.72. The maximum absolute atomic E-state index is 5.50. The van der Waals surface area contributed by atoms with E-state index in [-0.39, 0.29) is 6.10 Å². The monoisotopic (exact) mass is 288 g/mol. The second-order valence-electron chi connectivity index (χ2n) is 3.44. The van der Waals surface area contributed by atoms with Crippen molar-refractivity contribution < 1.29 is 14.2 Å². The minimum Gasteiger partial charge on any atom is -0.491 e. The van der Waals surface area contributed by atoms with Gasteiger partial charge < -0.3 is 14.2 Å². The third-order valence-electron chi connectivity index (χ3n) is 1.97. The van der Waals surface area contributed by atoms with Crippen LogP contribution in [0.2, 0.25) is 0 Å². The number of halogens is 1. The van der Waals surface area contributed by atoms with E-state index in [0.717, 1.165) is 10.2 Å². The first-order valence-corrected chi connectivity index (χ1v) is 6.00. The van der Waals surface area contributed by atoms with Gasteiger partial charge in [0.2, 0.25) is 0 Å². The van der Waals surface area contributed by atoms with Crippen LogP contribution < -0.4 is 4.74 Å². The molecule has 1 rings (SSSR count). The zero-order valence-electron chi connectivity index (χ0n) is 9.61. The van der Waals surface area contributed by atoms with E-state index in [0.29, 0.717) is 19.8 Å². The van der Waals surface area contributed by atoms with Gasteiger partial charge in [-0.2, -0.15) is 0 Å². The number of benzene rings is 1. The Morgan fingerprint density at radius 1 is 1.19 bits per heavy atom. The molecule has 0 radical (unpaired) electrons. The molecular weight excluding hydrogens is 272 g/mol. The molecule has 0 bridgehead atoms. The van der Waals surface area contributed by atoms with E-state index in [1.807, 2.05) is 31.2 Å². The number of rotatable bonds is 7. The summed E-state index contributed by atoms with van der Waals surface area (Å²) in [5.41, 5.74) is 0. The second kappa shape index (κ2) is 7.65. The molecule has 0 aromatic heterocycles. The maximum atomic E-state index is 5.50. The van der Waals surface area contributed by atoms with Gasteiger partial charge in [0.1, 0.15) is 12.4 Å². The van der Waals surface area contributed by atoms with Crippen LogP contribution in [-0.2, 0) is 9.47 Å². The quantitative estimate of drug-likeness (QED) is 0.722. The number of hydrogen-bond acceptors (Lipinski definition) is 3. The van der Waals surface area contributed by atoms with Crippen LogP contribution in [-0.4, -0.2) is 33.0 Å². The predicted octanol–water partition coefficient (Wildman–Crippen LogP) is 2.88. The molecule has 1 aromatic rings. The predicted molar refractivity (Wildman–Crippen MR) is 66.9 cm³/mol. The van der Waals surface area contributed by atoms with Gasteiger partial charge in [0, 0.05) is 11.6 Å². The molecule has 1 atom stereocenters. The zero-order chi connectivity index (χ0) is 11.8. The van der Waals surface area contributed by atoms with E-state index in [9.17, 15) is 0 Å². The molecule has 0 heterocycles. The van der Waals surface area contributed by atoms with Crippen molar-refractivity contribution in [2.45, 2.75) is 13.0 Å². The molecule has 0 aliphatic carbocycles. The first kappa shape index (κ1) is 13.5. The summed E-state index contributed by atoms with van der Waals surface area (Å²) in [4.78, 5) is 0. The Labute approximate surface area is 105 Å². The largest absolute Gasteiger partial charge is 0.491 e. The van der Waals surface area contributed by atoms with Crippen LogP contribution in [0.4, 0.5) is 0 Å². The Kier molecular flexibility index (Phi) is 6.45. The average Bonchev–Trinajstić information content (AvgIpc) is 2.27. The molecular formula is C12H17BrO3. The molecule has 90 valence electrons. The van der Waals surface area contributed by atoms with Crippen molar-refractivity contribution in [2.24, 2.45) is 0 Å². The first-order valence-electron chi connectivity index (χ1n) is 5.21. The number of methoxy groups -OCH3 is 1. The molecule has 0 amide bonds. The van der Waals surface area contributed by atoms with Gasteiger partial charge in [-0.1, -0.05) is 15.9 Å². The van der Waals surface area contributed by atoms with Crippen molar-refractivity contribution in [3.05, 3.63) is 28.7 Å². The maximum Gasteiger partial charge on any atom is 0.119 e. The Morgan fingerprint density at radius 2 is 1.88 bits per heavy atom. The fourth-order valence-electron chi connectivity index (χ4n) is 1.22. The fraction of sp³-hybridized carbons (Fsp3) is 0.500. The van der Waals surface area contributed by atoms with Crippen LogP contribution in [0.1, 0.15) is 6.92 Å². The summed E-state index contributed by atoms with van der Waals surface area (Å²) < 4.78 is 17.0. The van der Waals surface area contributed by atoms with Crippen LogP contribution in [0.5, 0.6) is 5.75 Å². The van der Waals surface area contributed by atoms with Crippen LogP contribution in [0.15, 0.2) is 28.7 Å². The normalized spacial score (nSPS) is 12.4. The highest BCUT2D eigenvalue weighted by Crippen LogP contribution is 2.15. The van der Waals surface area contributed by atoms with Crippen LogP contribution in [0.25, 0.3) is 0 Å². The summed E-state index contributed by atoms with van der Waals surface area (Å²) in [6.45, 7) is 3.71. The van der Waals surface area contributed by atoms with E-state index >= 15 is 0 Å². The number of ether oxygens (including phenoxy) is 3. The molecule has 0 saturated carbocycles. The van der Waals surface area contributed by atoms with Crippen molar-refractivity contribution >= 4 is 15.9 Å². The van der Waals surface area contributed by atoms with Crippen molar-refractivity contribution in [1.29, 1.82) is 0 Å². The van der Waals surface area contributed by atoms with Crippen molar-refractivity contribution in [3.63, 3.8) is 0 Å². The third kappa shape index (κ3) is 5.49. The zero-order valence-corrected chi connectivity index (χ0v) is 11.2. The van der Waals surface area contributed by atoms with Crippen LogP contribution >= 0.6 is 15.9 Å². The van der Waals surface area contributed by atoms with Crippen molar-refractivity contribution in [2.75, 3.05) is 26.9 Å². The van der Waals surface area contributed by atoms with Gasteiger partial charge in [-0.15, -0.1) is 0 Å². The lowest BCUT2D eigenvalue weighted by atomic mass is 10.3. The SMILES string of the molecule is COCC(C)OCCOc1ccc(Br)cc1. The summed E-state index contributed by atoms with van der Waals surface area (Å²) in [6, 6.07) is 7.73. The summed E-state index contributed by atoms with van der Waals surface area (Å²) in [5, 5.41) is 0. The lowest BCUT2D eigenvalue weighted by Gasteiger charge is -2.12. The van der Waals surface area contributed by atoms with Gasteiger partial charge in [0.15, 0.2) is 0 Å². The molecule has 0 spiro atoms. The van der Waals surface area contributed by atoms with E-state index < -0.39 is 0 Å². The minimum atomic E-state index is 0.110. The second-order valence-corrected chi connectivity index (χ2v) is 4.35. The highest BCUT2D eigenvalue weighted by Gasteiger charge is 2.00. The molecule has 0 aliphatic heterocycles. The molecule has 0 N–H and O–H groups in total. The molecule has 1 aromatic carbocycles. The van der Waals surface area contributed by atoms with Gasteiger partial charge >= 0.3 is 0 Å². The smallest absolute Gasteiger partial charge is 0.119 e. The van der Waals surface area contributed by atoms with E-state index in [1.54, 1.807) is 7.11 Å². The van der Waals surface area contributed by atoms with Crippen molar-refractivity contribution in [1.82, 2.24) is 0 Å². The molecule has 0 fully saturated rings. The fourth-order valence-corrected chi connectivity index (χ4v) is 1.49. The van der Waals surface area contributed by atoms with Gasteiger partial charge in [0.25, 0.3) is 0 Å². The highest BCUT2D eigenvalue weighted by atomic mass is 79.9. The Morgan fingerprint density at radius 3 is 2.50 bits per heavy atom. The van der Waals surface area contributed by atoms with E-state index in [2.05, 4.69) is 15.9 Å². The topological polar surface area (TPSA) is 27.7 Å². The standard InChI is InChI=1S/C12H17BrO3/c1-10(9-14-2)15-7-8-16-12-5-3-11(13)4-6-12/h3-6,10H,7-9H2,1-2H3. The molecule has 3 nitrogen and oxygen atoms in total. The van der Waals surface area contributed by atoms with Gasteiger partial charge in [-0.05, 0) is 31.2 Å². The van der Waals surface area contributed by atoms with Crippen LogP contribution in [0.3, 0.4) is 0 Å². The molecule has 0 aliphatic rings. The van der Waals surface area contributed by atoms with Crippen molar-refractivity contribution in [3.8, 4) is 5.75 Å². The minimum absolute atomic E-state index is 0.110. The molecule has 4 heteroatoms. The average molecular weight is 289 g/mol. The van der Waals surface area contributed by atoms with Gasteiger partial charge in [-0.3, -0.25) is 0 Å². The Bertz CT molecular complexity index is 287. The Balaban J connectivity index is 2.13. The Hall–Kier alpha value is -0.580. The molecule has 1 unspecified atom stereocenters. The summed E-state index contributed by atoms with van der Waals surface area (Å²) in [6.07, 6.45) is 0.110. The van der Waals surface area contributed by atoms with Crippen LogP contribution in [0, 0.1) is 0 Å². The molecule has 16 heavy (non-hydrogen) atoms. The van der Waals surface area contributed by atoms with E-state index in [4.69, 9.17) is 14.2 Å². The molecule has 0 saturated heterocycles. The summed E-state index contributed by atoms with van der Waals surface area (Å²) >= 11 is 3.37. The summed E-state index contributed by atoms with van der Waals surface area (Å²) in [5.74, 6) is 0.853. The summed E-state index contributed by atoms with van der Waals surface area (Å²) in [7, 11) is 1.66. The van der Waals surface area contributed by atoms with Gasteiger partial charge in [-0.25, -0.2) is 0 Å². The highest BCUT2D eigenvalue weighted by molar-refractivity contribution is 9.10. The lowest BCUT2D eigenvalue weighted by Crippen LogP contribution is -2.18. The third-order valence-corrected chi connectivity index (χ3v) is 2.50. The van der Waals surface area contributed by atoms with Gasteiger partial charge in [0.05, 0.1) is 19.3 Å².